The molecule has 2 rings (SSSR count). The molecule has 0 fully saturated rings. The average Bonchev–Trinajstić information content (AvgIpc) is 2.45. The molecule has 0 aliphatic carbocycles. The number of ether oxygens (including phenoxy) is 1. The van der Waals surface area contributed by atoms with Crippen LogP contribution in [-0.4, -0.2) is 11.7 Å². The van der Waals surface area contributed by atoms with Gasteiger partial charge in [-0.25, -0.2) is 4.39 Å². The summed E-state index contributed by atoms with van der Waals surface area (Å²) in [5, 5.41) is 19.2. The summed E-state index contributed by atoms with van der Waals surface area (Å²) < 4.78 is 18.8. The third-order valence-corrected chi connectivity index (χ3v) is 3.06. The Labute approximate surface area is 120 Å². The maximum Gasteiger partial charge on any atom is 0.138 e. The summed E-state index contributed by atoms with van der Waals surface area (Å²) in [6.07, 6.45) is -1.12. The summed E-state index contributed by atoms with van der Waals surface area (Å²) >= 11 is 5.86. The van der Waals surface area contributed by atoms with Crippen molar-refractivity contribution in [3.8, 4) is 11.8 Å². The van der Waals surface area contributed by atoms with Crippen LogP contribution in [0.1, 0.15) is 17.2 Å². The normalized spacial score (nSPS) is 11.7. The molecule has 2 aromatic rings. The third-order valence-electron chi connectivity index (χ3n) is 2.75. The van der Waals surface area contributed by atoms with Gasteiger partial charge in [-0.3, -0.25) is 0 Å². The van der Waals surface area contributed by atoms with E-state index in [1.807, 2.05) is 6.07 Å². The smallest absolute Gasteiger partial charge is 0.138 e. The van der Waals surface area contributed by atoms with Gasteiger partial charge in [-0.15, -0.1) is 0 Å². The predicted octanol–water partition coefficient (Wildman–Crippen LogP) is 3.46. The van der Waals surface area contributed by atoms with Crippen LogP contribution in [0.2, 0.25) is 5.02 Å². The van der Waals surface area contributed by atoms with E-state index in [1.165, 1.54) is 18.2 Å². The number of rotatable bonds is 4. The van der Waals surface area contributed by atoms with E-state index in [4.69, 9.17) is 21.6 Å². The van der Waals surface area contributed by atoms with Crippen molar-refractivity contribution in [3.63, 3.8) is 0 Å². The number of hydrogen-bond acceptors (Lipinski definition) is 3. The van der Waals surface area contributed by atoms with Crippen LogP contribution in [0, 0.1) is 17.1 Å². The maximum absolute atomic E-state index is 13.5. The van der Waals surface area contributed by atoms with E-state index in [9.17, 15) is 9.50 Å². The van der Waals surface area contributed by atoms with Crippen molar-refractivity contribution < 1.29 is 14.2 Å². The minimum atomic E-state index is -1.12. The number of halogens is 2. The Balaban J connectivity index is 2.12. The quantitative estimate of drug-likeness (QED) is 0.938. The van der Waals surface area contributed by atoms with Crippen LogP contribution < -0.4 is 4.74 Å². The number of nitrogens with zero attached hydrogens (tertiary/aromatic N) is 1. The highest BCUT2D eigenvalue weighted by atomic mass is 35.5. The zero-order chi connectivity index (χ0) is 14.5. The Hall–Kier alpha value is -2.09. The summed E-state index contributed by atoms with van der Waals surface area (Å²) in [5.74, 6) is -0.245. The molecule has 0 heterocycles. The molecule has 3 nitrogen and oxygen atoms in total. The molecule has 0 aliphatic heterocycles. The summed E-state index contributed by atoms with van der Waals surface area (Å²) in [5.41, 5.74) is 0.336. The van der Waals surface area contributed by atoms with Crippen molar-refractivity contribution in [2.24, 2.45) is 0 Å². The van der Waals surface area contributed by atoms with E-state index in [-0.39, 0.29) is 28.5 Å². The van der Waals surface area contributed by atoms with Crippen molar-refractivity contribution in [2.45, 2.75) is 6.10 Å². The van der Waals surface area contributed by atoms with Gasteiger partial charge in [0, 0.05) is 5.56 Å². The van der Waals surface area contributed by atoms with Crippen LogP contribution in [0.25, 0.3) is 0 Å². The Kier molecular flexibility index (Phi) is 4.57. The highest BCUT2D eigenvalue weighted by Gasteiger charge is 2.14. The van der Waals surface area contributed by atoms with Gasteiger partial charge in [-0.2, -0.15) is 5.26 Å². The summed E-state index contributed by atoms with van der Waals surface area (Å²) in [6, 6.07) is 12.6. The van der Waals surface area contributed by atoms with Gasteiger partial charge in [0.2, 0.25) is 0 Å². The van der Waals surface area contributed by atoms with E-state index in [2.05, 4.69) is 0 Å². The highest BCUT2D eigenvalue weighted by Crippen LogP contribution is 2.26. The Morgan fingerprint density at radius 2 is 2.00 bits per heavy atom. The lowest BCUT2D eigenvalue weighted by molar-refractivity contribution is 0.105. The first kappa shape index (κ1) is 14.3. The fourth-order valence-electron chi connectivity index (χ4n) is 1.74. The van der Waals surface area contributed by atoms with Gasteiger partial charge in [0.25, 0.3) is 0 Å². The van der Waals surface area contributed by atoms with Crippen molar-refractivity contribution in [2.75, 3.05) is 6.61 Å². The van der Waals surface area contributed by atoms with Gasteiger partial charge in [0.05, 0.1) is 5.02 Å². The first-order chi connectivity index (χ1) is 9.63. The fraction of sp³-hybridized carbons (Fsp3) is 0.133. The lowest BCUT2D eigenvalue weighted by Crippen LogP contribution is -2.11. The molecule has 0 saturated carbocycles. The Bertz CT molecular complexity index is 655. The zero-order valence-electron chi connectivity index (χ0n) is 10.4. The topological polar surface area (TPSA) is 53.2 Å². The molecule has 0 spiro atoms. The molecule has 1 unspecified atom stereocenters. The van der Waals surface area contributed by atoms with Crippen molar-refractivity contribution >= 4 is 11.6 Å². The van der Waals surface area contributed by atoms with Gasteiger partial charge in [-0.1, -0.05) is 35.9 Å². The molecule has 0 aromatic heterocycles. The maximum atomic E-state index is 13.5. The fourth-order valence-corrected chi connectivity index (χ4v) is 1.95. The third kappa shape index (κ3) is 3.08. The lowest BCUT2D eigenvalue weighted by atomic mass is 10.1. The number of aliphatic hydroxyl groups excluding tert-OH is 1. The summed E-state index contributed by atoms with van der Waals surface area (Å²) in [7, 11) is 0. The van der Waals surface area contributed by atoms with Crippen molar-refractivity contribution in [1.29, 1.82) is 5.26 Å². The van der Waals surface area contributed by atoms with Crippen LogP contribution >= 0.6 is 11.6 Å². The second kappa shape index (κ2) is 6.38. The Morgan fingerprint density at radius 3 is 2.70 bits per heavy atom. The minimum absolute atomic E-state index is 0.146. The van der Waals surface area contributed by atoms with Crippen LogP contribution in [0.5, 0.6) is 5.75 Å². The summed E-state index contributed by atoms with van der Waals surface area (Å²) in [6.45, 7) is -0.171. The number of benzene rings is 2. The lowest BCUT2D eigenvalue weighted by Gasteiger charge is -2.14. The van der Waals surface area contributed by atoms with E-state index >= 15 is 0 Å². The zero-order valence-corrected chi connectivity index (χ0v) is 11.1. The van der Waals surface area contributed by atoms with Gasteiger partial charge in [0.1, 0.15) is 35.9 Å². The largest absolute Gasteiger partial charge is 0.489 e. The van der Waals surface area contributed by atoms with E-state index in [1.54, 1.807) is 24.3 Å². The predicted molar refractivity (Wildman–Crippen MR) is 73.0 cm³/mol. The highest BCUT2D eigenvalue weighted by molar-refractivity contribution is 6.31. The molecule has 5 heteroatoms. The molecule has 0 saturated heterocycles. The monoisotopic (exact) mass is 291 g/mol. The minimum Gasteiger partial charge on any atom is -0.489 e. The number of hydrogen-bond donors (Lipinski definition) is 1. The van der Waals surface area contributed by atoms with E-state index in [0.29, 0.717) is 0 Å². The van der Waals surface area contributed by atoms with E-state index < -0.39 is 11.9 Å². The molecular formula is C15H11ClFNO2. The van der Waals surface area contributed by atoms with Crippen LogP contribution in [0.15, 0.2) is 42.5 Å². The van der Waals surface area contributed by atoms with Gasteiger partial charge in [-0.05, 0) is 18.2 Å². The standard InChI is InChI=1S/C15H11ClFNO2/c16-12-5-3-7-15(11(12)8-18)20-9-14(19)10-4-1-2-6-13(10)17/h1-7,14,19H,9H2. The first-order valence-electron chi connectivity index (χ1n) is 5.87. The second-order valence-corrected chi connectivity index (χ2v) is 4.48. The number of aliphatic hydroxyl groups is 1. The molecule has 20 heavy (non-hydrogen) atoms. The van der Waals surface area contributed by atoms with Crippen molar-refractivity contribution in [3.05, 3.63) is 64.4 Å². The van der Waals surface area contributed by atoms with E-state index in [0.717, 1.165) is 0 Å². The molecule has 0 aliphatic rings. The van der Waals surface area contributed by atoms with Crippen LogP contribution in [0.4, 0.5) is 4.39 Å². The van der Waals surface area contributed by atoms with Gasteiger partial charge in [0.15, 0.2) is 0 Å². The van der Waals surface area contributed by atoms with Crippen LogP contribution in [-0.2, 0) is 0 Å². The first-order valence-corrected chi connectivity index (χ1v) is 6.25. The Morgan fingerprint density at radius 1 is 1.25 bits per heavy atom. The SMILES string of the molecule is N#Cc1c(Cl)cccc1OCC(O)c1ccccc1F. The van der Waals surface area contributed by atoms with Crippen LogP contribution in [0.3, 0.4) is 0 Å². The molecule has 1 atom stereocenters. The van der Waals surface area contributed by atoms with Gasteiger partial charge >= 0.3 is 0 Å². The van der Waals surface area contributed by atoms with Crippen molar-refractivity contribution in [1.82, 2.24) is 0 Å². The molecule has 1 N–H and O–H groups in total. The molecule has 0 radical (unpaired) electrons. The summed E-state index contributed by atoms with van der Waals surface area (Å²) in [4.78, 5) is 0. The molecule has 102 valence electrons. The average molecular weight is 292 g/mol. The molecule has 0 amide bonds. The molecular weight excluding hydrogens is 281 g/mol. The molecule has 2 aromatic carbocycles. The molecule has 0 bridgehead atoms. The number of nitriles is 1. The second-order valence-electron chi connectivity index (χ2n) is 4.07. The van der Waals surface area contributed by atoms with Gasteiger partial charge < -0.3 is 9.84 Å².